The van der Waals surface area contributed by atoms with Gasteiger partial charge in [-0.3, -0.25) is 0 Å². The van der Waals surface area contributed by atoms with Crippen molar-refractivity contribution in [1.82, 2.24) is 15.0 Å². The lowest BCUT2D eigenvalue weighted by molar-refractivity contribution is -0.275. The molecule has 2 unspecified atom stereocenters. The van der Waals surface area contributed by atoms with E-state index in [0.29, 0.717) is 12.1 Å². The molecule has 1 aromatic carbocycles. The molecule has 0 amide bonds. The molecular formula is C25H26F5N3O5. The number of hydrogen-bond donors (Lipinski definition) is 1. The van der Waals surface area contributed by atoms with Gasteiger partial charge in [0.2, 0.25) is 11.7 Å². The number of aromatic nitrogens is 3. The van der Waals surface area contributed by atoms with Gasteiger partial charge in [0.05, 0.1) is 19.2 Å². The van der Waals surface area contributed by atoms with E-state index in [0.717, 1.165) is 20.1 Å². The van der Waals surface area contributed by atoms with Crippen LogP contribution in [0.1, 0.15) is 44.2 Å². The van der Waals surface area contributed by atoms with Crippen molar-refractivity contribution in [2.24, 2.45) is 5.92 Å². The highest BCUT2D eigenvalue weighted by molar-refractivity contribution is 5.79. The average molecular weight is 543 g/mol. The molecule has 0 saturated carbocycles. The first kappa shape index (κ1) is 26.6. The maximum atomic E-state index is 14.6. The summed E-state index contributed by atoms with van der Waals surface area (Å²) in [6.45, 7) is 4.50. The van der Waals surface area contributed by atoms with Gasteiger partial charge in [0.25, 0.3) is 0 Å². The van der Waals surface area contributed by atoms with Gasteiger partial charge in [0.15, 0.2) is 29.0 Å². The number of rotatable bonds is 6. The molecule has 13 heteroatoms. The normalized spacial score (nSPS) is 29.8. The SMILES string of the molecule is COc1c([C@H]2[C@H](c3nc4c(OCC5COC(C)O5)nccc4[nH]3)O[C@@](C)(C(F)(F)F)[C@H]2C)ccc(F)c1F. The standard InChI is InChI=1S/C25H26F5N3O5/c1-11-17(14-5-6-15(26)18(27)20(14)34-4)21(38-24(11,3)25(28,29)30)22-32-16-7-8-31-23(19(16)33-22)36-10-13-9-35-12(2)37-13/h5-8,11-13,17,21H,9-10H2,1-4H3,(H,32,33)/t11-,12?,13?,17-,21+,24+/m0/s1. The lowest BCUT2D eigenvalue weighted by atomic mass is 9.77. The van der Waals surface area contributed by atoms with Crippen LogP contribution < -0.4 is 9.47 Å². The third-order valence-corrected chi connectivity index (χ3v) is 7.27. The summed E-state index contributed by atoms with van der Waals surface area (Å²) >= 11 is 0. The average Bonchev–Trinajstić information content (AvgIpc) is 3.56. The zero-order valence-electron chi connectivity index (χ0n) is 20.9. The van der Waals surface area contributed by atoms with Gasteiger partial charge in [-0.2, -0.15) is 17.6 Å². The molecule has 0 radical (unpaired) electrons. The molecule has 0 spiro atoms. The van der Waals surface area contributed by atoms with Gasteiger partial charge in [0.1, 0.15) is 24.6 Å². The third kappa shape index (κ3) is 4.35. The van der Waals surface area contributed by atoms with E-state index in [1.54, 1.807) is 13.0 Å². The smallest absolute Gasteiger partial charge is 0.417 e. The van der Waals surface area contributed by atoms with Crippen molar-refractivity contribution in [2.75, 3.05) is 20.3 Å². The number of halogens is 5. The number of benzene rings is 1. The summed E-state index contributed by atoms with van der Waals surface area (Å²) in [4.78, 5) is 11.7. The predicted molar refractivity (Wildman–Crippen MR) is 123 cm³/mol. The molecule has 2 fully saturated rings. The topological polar surface area (TPSA) is 87.7 Å². The molecule has 206 valence electrons. The monoisotopic (exact) mass is 543 g/mol. The van der Waals surface area contributed by atoms with E-state index in [1.807, 2.05) is 0 Å². The number of imidazole rings is 1. The van der Waals surface area contributed by atoms with Crippen molar-refractivity contribution in [3.8, 4) is 11.6 Å². The van der Waals surface area contributed by atoms with E-state index >= 15 is 0 Å². The van der Waals surface area contributed by atoms with Crippen molar-refractivity contribution < 1.29 is 45.6 Å². The van der Waals surface area contributed by atoms with Crippen LogP contribution in [-0.4, -0.2) is 59.4 Å². The second kappa shape index (κ2) is 9.62. The third-order valence-electron chi connectivity index (χ3n) is 7.27. The first-order valence-electron chi connectivity index (χ1n) is 12.0. The van der Waals surface area contributed by atoms with Crippen molar-refractivity contribution in [2.45, 2.75) is 57.0 Å². The lowest BCUT2D eigenvalue weighted by Crippen LogP contribution is -2.46. The molecule has 2 aromatic heterocycles. The number of methoxy groups -OCH3 is 1. The Kier molecular flexibility index (Phi) is 6.72. The maximum Gasteiger partial charge on any atom is 0.417 e. The van der Waals surface area contributed by atoms with Crippen LogP contribution in [0.15, 0.2) is 24.4 Å². The maximum absolute atomic E-state index is 14.6. The fourth-order valence-corrected chi connectivity index (χ4v) is 5.07. The Morgan fingerprint density at radius 3 is 2.61 bits per heavy atom. The van der Waals surface area contributed by atoms with E-state index < -0.39 is 47.1 Å². The minimum Gasteiger partial charge on any atom is -0.493 e. The van der Waals surface area contributed by atoms with Gasteiger partial charge in [0, 0.05) is 23.6 Å². The van der Waals surface area contributed by atoms with Gasteiger partial charge >= 0.3 is 6.18 Å². The second-order valence-corrected chi connectivity index (χ2v) is 9.55. The van der Waals surface area contributed by atoms with Crippen molar-refractivity contribution >= 4 is 11.0 Å². The van der Waals surface area contributed by atoms with Crippen LogP contribution in [0, 0.1) is 17.6 Å². The Bertz CT molecular complexity index is 1330. The van der Waals surface area contributed by atoms with Crippen LogP contribution in [0.2, 0.25) is 0 Å². The van der Waals surface area contributed by atoms with Crippen LogP contribution in [0.25, 0.3) is 11.0 Å². The number of hydrogen-bond acceptors (Lipinski definition) is 7. The highest BCUT2D eigenvalue weighted by Crippen LogP contribution is 2.59. The van der Waals surface area contributed by atoms with E-state index in [9.17, 15) is 22.0 Å². The first-order valence-corrected chi connectivity index (χ1v) is 12.0. The number of fused-ring (bicyclic) bond motifs is 1. The second-order valence-electron chi connectivity index (χ2n) is 9.55. The number of nitrogens with zero attached hydrogens (tertiary/aromatic N) is 2. The van der Waals surface area contributed by atoms with Gasteiger partial charge in [-0.1, -0.05) is 13.0 Å². The Hall–Kier alpha value is -3.03. The molecule has 0 aliphatic carbocycles. The van der Waals surface area contributed by atoms with Crippen LogP contribution in [0.4, 0.5) is 22.0 Å². The number of nitrogens with one attached hydrogen (secondary N) is 1. The van der Waals surface area contributed by atoms with Gasteiger partial charge in [-0.05, 0) is 26.0 Å². The predicted octanol–water partition coefficient (Wildman–Crippen LogP) is 5.20. The molecule has 2 saturated heterocycles. The molecule has 1 N–H and O–H groups in total. The Morgan fingerprint density at radius 2 is 1.95 bits per heavy atom. The Balaban J connectivity index is 1.56. The van der Waals surface area contributed by atoms with E-state index in [4.69, 9.17) is 23.7 Å². The van der Waals surface area contributed by atoms with E-state index in [-0.39, 0.29) is 41.8 Å². The quantitative estimate of drug-likeness (QED) is 0.428. The first-order chi connectivity index (χ1) is 17.9. The molecule has 2 aliphatic heterocycles. The van der Waals surface area contributed by atoms with E-state index in [2.05, 4.69) is 15.0 Å². The van der Waals surface area contributed by atoms with E-state index in [1.165, 1.54) is 19.2 Å². The molecule has 4 heterocycles. The summed E-state index contributed by atoms with van der Waals surface area (Å²) < 4.78 is 98.9. The molecule has 3 aromatic rings. The lowest BCUT2D eigenvalue weighted by Gasteiger charge is -2.32. The van der Waals surface area contributed by atoms with Crippen molar-refractivity contribution in [3.63, 3.8) is 0 Å². The number of pyridine rings is 1. The molecular weight excluding hydrogens is 517 g/mol. The summed E-state index contributed by atoms with van der Waals surface area (Å²) in [7, 11) is 1.12. The molecule has 6 atom stereocenters. The van der Waals surface area contributed by atoms with Gasteiger partial charge in [-0.15, -0.1) is 0 Å². The zero-order valence-corrected chi connectivity index (χ0v) is 20.9. The molecule has 0 bridgehead atoms. The summed E-state index contributed by atoms with van der Waals surface area (Å²) in [6, 6.07) is 3.65. The summed E-state index contributed by atoms with van der Waals surface area (Å²) in [6.07, 6.45) is -5.31. The van der Waals surface area contributed by atoms with Crippen LogP contribution >= 0.6 is 0 Å². The Morgan fingerprint density at radius 1 is 1.18 bits per heavy atom. The summed E-state index contributed by atoms with van der Waals surface area (Å²) in [5.74, 6) is -5.12. The Labute approximate surface area is 214 Å². The fraction of sp³-hybridized carbons (Fsp3) is 0.520. The minimum absolute atomic E-state index is 0.0273. The van der Waals surface area contributed by atoms with Gasteiger partial charge < -0.3 is 28.7 Å². The largest absolute Gasteiger partial charge is 0.493 e. The van der Waals surface area contributed by atoms with Gasteiger partial charge in [-0.25, -0.2) is 14.4 Å². The highest BCUT2D eigenvalue weighted by Gasteiger charge is 2.65. The summed E-state index contributed by atoms with van der Waals surface area (Å²) in [5.41, 5.74) is -1.89. The number of aromatic amines is 1. The van der Waals surface area contributed by atoms with Crippen LogP contribution in [0.5, 0.6) is 11.6 Å². The molecule has 8 nitrogen and oxygen atoms in total. The highest BCUT2D eigenvalue weighted by atomic mass is 19.4. The molecule has 2 aliphatic rings. The number of H-pyrrole nitrogens is 1. The van der Waals surface area contributed by atoms with Crippen molar-refractivity contribution in [3.05, 3.63) is 47.4 Å². The van der Waals surface area contributed by atoms with Crippen LogP contribution in [0.3, 0.4) is 0 Å². The minimum atomic E-state index is -4.77. The zero-order chi connectivity index (χ0) is 27.4. The number of alkyl halides is 3. The molecule has 38 heavy (non-hydrogen) atoms. The summed E-state index contributed by atoms with van der Waals surface area (Å²) in [5, 5.41) is 0. The van der Waals surface area contributed by atoms with Crippen LogP contribution in [-0.2, 0) is 14.2 Å². The number of ether oxygens (including phenoxy) is 5. The fourth-order valence-electron chi connectivity index (χ4n) is 5.07. The molecule has 5 rings (SSSR count). The van der Waals surface area contributed by atoms with Crippen molar-refractivity contribution in [1.29, 1.82) is 0 Å².